The lowest BCUT2D eigenvalue weighted by Gasteiger charge is -2.24. The summed E-state index contributed by atoms with van der Waals surface area (Å²) in [6, 6.07) is 5.63. The van der Waals surface area contributed by atoms with E-state index in [0.717, 1.165) is 23.5 Å². The molecule has 2 atom stereocenters. The molecule has 1 fully saturated rings. The molecule has 23 heavy (non-hydrogen) atoms. The minimum absolute atomic E-state index is 0.0185. The Morgan fingerprint density at radius 1 is 1.30 bits per heavy atom. The van der Waals surface area contributed by atoms with Crippen molar-refractivity contribution in [1.82, 2.24) is 10.6 Å². The summed E-state index contributed by atoms with van der Waals surface area (Å²) in [5.74, 6) is 1.32. The summed E-state index contributed by atoms with van der Waals surface area (Å²) in [4.78, 5) is 23.5. The zero-order valence-electron chi connectivity index (χ0n) is 13.3. The Bertz CT molecular complexity index is 592. The van der Waals surface area contributed by atoms with Gasteiger partial charge in [-0.15, -0.1) is 0 Å². The fourth-order valence-corrected chi connectivity index (χ4v) is 2.82. The molecule has 2 amide bonds. The van der Waals surface area contributed by atoms with Crippen LogP contribution in [0.4, 0.5) is 0 Å². The number of hydrogen-bond donors (Lipinski definition) is 2. The van der Waals surface area contributed by atoms with Crippen LogP contribution < -0.4 is 20.1 Å². The highest BCUT2D eigenvalue weighted by Gasteiger charge is 2.25. The number of nitrogens with one attached hydrogen (secondary N) is 2. The van der Waals surface area contributed by atoms with Gasteiger partial charge in [0.1, 0.15) is 0 Å². The predicted molar refractivity (Wildman–Crippen MR) is 84.3 cm³/mol. The van der Waals surface area contributed by atoms with Gasteiger partial charge in [0, 0.05) is 19.4 Å². The van der Waals surface area contributed by atoms with E-state index in [1.54, 1.807) is 0 Å². The van der Waals surface area contributed by atoms with Crippen LogP contribution in [0.5, 0.6) is 11.5 Å². The van der Waals surface area contributed by atoms with Crippen LogP contribution in [0.2, 0.25) is 0 Å². The molecule has 0 saturated carbocycles. The molecule has 2 heterocycles. The van der Waals surface area contributed by atoms with E-state index in [4.69, 9.17) is 9.47 Å². The molecule has 6 heteroatoms. The Hall–Kier alpha value is -2.24. The Morgan fingerprint density at radius 3 is 2.83 bits per heavy atom. The van der Waals surface area contributed by atoms with Crippen LogP contribution >= 0.6 is 0 Å². The van der Waals surface area contributed by atoms with Gasteiger partial charge in [-0.1, -0.05) is 6.07 Å². The molecule has 1 aromatic carbocycles. The maximum Gasteiger partial charge on any atom is 0.225 e. The first kappa shape index (κ1) is 15.6. The van der Waals surface area contributed by atoms with Crippen molar-refractivity contribution in [2.45, 2.75) is 32.2 Å². The number of amides is 2. The largest absolute Gasteiger partial charge is 0.490 e. The molecule has 124 valence electrons. The maximum atomic E-state index is 12.3. The standard InChI is InChI=1S/C17H22N2O4/c1-11(19-17(21)13-4-6-16(20)18-10-13)12-3-5-14-15(9-12)23-8-2-7-22-14/h3,5,9,11,13H,2,4,6-8,10H2,1H3,(H,18,20)(H,19,21)/t11-,13+/m1/s1. The zero-order chi connectivity index (χ0) is 16.2. The van der Waals surface area contributed by atoms with Crippen molar-refractivity contribution in [3.05, 3.63) is 23.8 Å². The molecule has 2 aliphatic heterocycles. The number of piperidine rings is 1. The normalized spacial score (nSPS) is 21.8. The smallest absolute Gasteiger partial charge is 0.225 e. The van der Waals surface area contributed by atoms with Gasteiger partial charge in [-0.25, -0.2) is 0 Å². The first-order valence-electron chi connectivity index (χ1n) is 8.10. The quantitative estimate of drug-likeness (QED) is 0.886. The van der Waals surface area contributed by atoms with Gasteiger partial charge in [0.25, 0.3) is 0 Å². The summed E-state index contributed by atoms with van der Waals surface area (Å²) in [7, 11) is 0. The lowest BCUT2D eigenvalue weighted by Crippen LogP contribution is -2.43. The molecule has 0 bridgehead atoms. The van der Waals surface area contributed by atoms with Crippen molar-refractivity contribution < 1.29 is 19.1 Å². The maximum absolute atomic E-state index is 12.3. The highest BCUT2D eigenvalue weighted by atomic mass is 16.5. The Balaban J connectivity index is 1.63. The summed E-state index contributed by atoms with van der Waals surface area (Å²) in [5.41, 5.74) is 0.974. The van der Waals surface area contributed by atoms with Crippen LogP contribution in [0.15, 0.2) is 18.2 Å². The number of fused-ring (bicyclic) bond motifs is 1. The second-order valence-corrected chi connectivity index (χ2v) is 6.03. The molecule has 2 aliphatic rings. The van der Waals surface area contributed by atoms with Crippen molar-refractivity contribution in [3.8, 4) is 11.5 Å². The first-order valence-corrected chi connectivity index (χ1v) is 8.10. The molecule has 2 N–H and O–H groups in total. The topological polar surface area (TPSA) is 76.7 Å². The van der Waals surface area contributed by atoms with Gasteiger partial charge in [-0.3, -0.25) is 9.59 Å². The third-order valence-corrected chi connectivity index (χ3v) is 4.27. The van der Waals surface area contributed by atoms with Gasteiger partial charge in [-0.05, 0) is 31.0 Å². The predicted octanol–water partition coefficient (Wildman–Crippen LogP) is 1.55. The second kappa shape index (κ2) is 6.89. The van der Waals surface area contributed by atoms with Crippen LogP contribution in [0.25, 0.3) is 0 Å². The SMILES string of the molecule is C[C@@H](NC(=O)[C@H]1CCC(=O)NC1)c1ccc2c(c1)OCCCO2. The van der Waals surface area contributed by atoms with Crippen molar-refractivity contribution in [3.63, 3.8) is 0 Å². The third-order valence-electron chi connectivity index (χ3n) is 4.27. The molecule has 0 aliphatic carbocycles. The molecule has 0 aromatic heterocycles. The summed E-state index contributed by atoms with van der Waals surface area (Å²) in [6.45, 7) is 3.65. The van der Waals surface area contributed by atoms with Gasteiger partial charge >= 0.3 is 0 Å². The Labute approximate surface area is 135 Å². The minimum atomic E-state index is -0.157. The average Bonchev–Trinajstić information content (AvgIpc) is 2.79. The van der Waals surface area contributed by atoms with Crippen LogP contribution in [-0.2, 0) is 9.59 Å². The zero-order valence-corrected chi connectivity index (χ0v) is 13.3. The molecule has 6 nitrogen and oxygen atoms in total. The molecule has 0 unspecified atom stereocenters. The molecule has 1 aromatic rings. The lowest BCUT2D eigenvalue weighted by atomic mass is 9.97. The Kier molecular flexibility index (Phi) is 4.69. The van der Waals surface area contributed by atoms with E-state index in [-0.39, 0.29) is 23.8 Å². The average molecular weight is 318 g/mol. The summed E-state index contributed by atoms with van der Waals surface area (Å²) in [5, 5.41) is 5.75. The number of carbonyl (C=O) groups excluding carboxylic acids is 2. The third kappa shape index (κ3) is 3.75. The van der Waals surface area contributed by atoms with E-state index in [1.165, 1.54) is 0 Å². The van der Waals surface area contributed by atoms with Gasteiger partial charge < -0.3 is 20.1 Å². The van der Waals surface area contributed by atoms with Crippen molar-refractivity contribution in [2.24, 2.45) is 5.92 Å². The van der Waals surface area contributed by atoms with E-state index < -0.39 is 0 Å². The summed E-state index contributed by atoms with van der Waals surface area (Å²) < 4.78 is 11.3. The van der Waals surface area contributed by atoms with E-state index in [2.05, 4.69) is 10.6 Å². The highest BCUT2D eigenvalue weighted by Crippen LogP contribution is 2.32. The summed E-state index contributed by atoms with van der Waals surface area (Å²) >= 11 is 0. The van der Waals surface area contributed by atoms with Crippen LogP contribution in [0, 0.1) is 5.92 Å². The van der Waals surface area contributed by atoms with E-state index >= 15 is 0 Å². The fourth-order valence-electron chi connectivity index (χ4n) is 2.82. The van der Waals surface area contributed by atoms with Gasteiger partial charge in [-0.2, -0.15) is 0 Å². The van der Waals surface area contributed by atoms with Crippen LogP contribution in [0.3, 0.4) is 0 Å². The van der Waals surface area contributed by atoms with Gasteiger partial charge in [0.05, 0.1) is 25.2 Å². The van der Waals surface area contributed by atoms with Crippen LogP contribution in [0.1, 0.15) is 37.8 Å². The van der Waals surface area contributed by atoms with Crippen molar-refractivity contribution >= 4 is 11.8 Å². The first-order chi connectivity index (χ1) is 11.1. The number of rotatable bonds is 3. The van der Waals surface area contributed by atoms with Gasteiger partial charge in [0.15, 0.2) is 11.5 Å². The van der Waals surface area contributed by atoms with Crippen LogP contribution in [-0.4, -0.2) is 31.6 Å². The van der Waals surface area contributed by atoms with Crippen molar-refractivity contribution in [1.29, 1.82) is 0 Å². The number of benzene rings is 1. The number of carbonyl (C=O) groups is 2. The molecular formula is C17H22N2O4. The van der Waals surface area contributed by atoms with Gasteiger partial charge in [0.2, 0.25) is 11.8 Å². The fraction of sp³-hybridized carbons (Fsp3) is 0.529. The lowest BCUT2D eigenvalue weighted by molar-refractivity contribution is -0.129. The molecule has 0 radical (unpaired) electrons. The number of hydrogen-bond acceptors (Lipinski definition) is 4. The monoisotopic (exact) mass is 318 g/mol. The van der Waals surface area contributed by atoms with Crippen molar-refractivity contribution in [2.75, 3.05) is 19.8 Å². The number of ether oxygens (including phenoxy) is 2. The van der Waals surface area contributed by atoms with E-state index in [9.17, 15) is 9.59 Å². The summed E-state index contributed by atoms with van der Waals surface area (Å²) in [6.07, 6.45) is 1.88. The van der Waals surface area contributed by atoms with E-state index in [1.807, 2.05) is 25.1 Å². The molecule has 3 rings (SSSR count). The highest BCUT2D eigenvalue weighted by molar-refractivity contribution is 5.83. The van der Waals surface area contributed by atoms with E-state index in [0.29, 0.717) is 32.6 Å². The molecule has 0 spiro atoms. The molecule has 1 saturated heterocycles. The second-order valence-electron chi connectivity index (χ2n) is 6.03. The Morgan fingerprint density at radius 2 is 2.09 bits per heavy atom. The minimum Gasteiger partial charge on any atom is -0.490 e. The molecular weight excluding hydrogens is 296 g/mol.